The Balaban J connectivity index is 0.00000242. The molecule has 0 unspecified atom stereocenters. The molecule has 1 heterocycles. The van der Waals surface area contributed by atoms with Gasteiger partial charge in [0.1, 0.15) is 0 Å². The van der Waals surface area contributed by atoms with E-state index in [2.05, 4.69) is 19.1 Å². The van der Waals surface area contributed by atoms with E-state index in [1.807, 2.05) is 34.5 Å². The van der Waals surface area contributed by atoms with Gasteiger partial charge in [0, 0.05) is 13.1 Å². The van der Waals surface area contributed by atoms with Crippen LogP contribution in [0.15, 0.2) is 41.8 Å². The van der Waals surface area contributed by atoms with Gasteiger partial charge in [-0.2, -0.15) is 0 Å². The first kappa shape index (κ1) is 18.7. The number of rotatable bonds is 7. The lowest BCUT2D eigenvalue weighted by Gasteiger charge is -2.22. The number of hydrogen-bond acceptors (Lipinski definition) is 3. The van der Waals surface area contributed by atoms with Crippen LogP contribution in [0.1, 0.15) is 34.1 Å². The van der Waals surface area contributed by atoms with E-state index in [4.69, 9.17) is 5.73 Å². The fourth-order valence-corrected chi connectivity index (χ4v) is 3.25. The predicted octanol–water partition coefficient (Wildman–Crippen LogP) is 3.72. The van der Waals surface area contributed by atoms with Crippen LogP contribution in [0, 0.1) is 0 Å². The van der Waals surface area contributed by atoms with Gasteiger partial charge in [-0.3, -0.25) is 4.79 Å². The van der Waals surface area contributed by atoms with Crippen LogP contribution in [-0.4, -0.2) is 23.9 Å². The number of aryl methyl sites for hydroxylation is 1. The molecular weight excluding hydrogens is 316 g/mol. The second-order valence-corrected chi connectivity index (χ2v) is 5.90. The number of carbonyl (C=O) groups excluding carboxylic acids is 1. The van der Waals surface area contributed by atoms with E-state index in [-0.39, 0.29) is 18.3 Å². The zero-order valence-corrected chi connectivity index (χ0v) is 14.5. The smallest absolute Gasteiger partial charge is 0.264 e. The van der Waals surface area contributed by atoms with Crippen LogP contribution in [0.5, 0.6) is 0 Å². The van der Waals surface area contributed by atoms with Crippen molar-refractivity contribution in [2.45, 2.75) is 26.3 Å². The van der Waals surface area contributed by atoms with Gasteiger partial charge in [-0.05, 0) is 42.0 Å². The molecular formula is C17H23ClN2OS. The zero-order valence-electron chi connectivity index (χ0n) is 12.8. The summed E-state index contributed by atoms with van der Waals surface area (Å²) in [4.78, 5) is 15.6. The summed E-state index contributed by atoms with van der Waals surface area (Å²) in [6.45, 7) is 4.02. The van der Waals surface area contributed by atoms with Gasteiger partial charge in [-0.1, -0.05) is 37.3 Å². The van der Waals surface area contributed by atoms with Crippen LogP contribution in [-0.2, 0) is 13.0 Å². The first-order valence-corrected chi connectivity index (χ1v) is 8.23. The molecule has 0 bridgehead atoms. The highest BCUT2D eigenvalue weighted by Gasteiger charge is 2.19. The maximum absolute atomic E-state index is 12.8. The van der Waals surface area contributed by atoms with E-state index < -0.39 is 0 Å². The lowest BCUT2D eigenvalue weighted by atomic mass is 10.1. The van der Waals surface area contributed by atoms with E-state index in [1.54, 1.807) is 0 Å². The summed E-state index contributed by atoms with van der Waals surface area (Å²) in [7, 11) is 0. The van der Waals surface area contributed by atoms with Crippen molar-refractivity contribution in [3.63, 3.8) is 0 Å². The van der Waals surface area contributed by atoms with Crippen molar-refractivity contribution < 1.29 is 4.79 Å². The zero-order chi connectivity index (χ0) is 15.1. The van der Waals surface area contributed by atoms with Crippen LogP contribution in [0.3, 0.4) is 0 Å². The largest absolute Gasteiger partial charge is 0.334 e. The van der Waals surface area contributed by atoms with Crippen molar-refractivity contribution in [1.82, 2.24) is 4.90 Å². The lowest BCUT2D eigenvalue weighted by molar-refractivity contribution is 0.0746. The van der Waals surface area contributed by atoms with Gasteiger partial charge < -0.3 is 10.6 Å². The number of benzene rings is 1. The minimum Gasteiger partial charge on any atom is -0.334 e. The summed E-state index contributed by atoms with van der Waals surface area (Å²) in [6.07, 6.45) is 1.71. The molecule has 2 aromatic rings. The molecule has 22 heavy (non-hydrogen) atoms. The molecule has 0 aliphatic carbocycles. The van der Waals surface area contributed by atoms with Crippen molar-refractivity contribution in [3.05, 3.63) is 57.8 Å². The molecule has 2 rings (SSSR count). The first-order chi connectivity index (χ1) is 10.3. The van der Waals surface area contributed by atoms with Gasteiger partial charge in [0.2, 0.25) is 0 Å². The molecule has 2 N–H and O–H groups in total. The maximum Gasteiger partial charge on any atom is 0.264 e. The monoisotopic (exact) mass is 338 g/mol. The van der Waals surface area contributed by atoms with Gasteiger partial charge in [0.05, 0.1) is 4.88 Å². The van der Waals surface area contributed by atoms with Gasteiger partial charge in [-0.25, -0.2) is 0 Å². The summed E-state index contributed by atoms with van der Waals surface area (Å²) in [6, 6.07) is 12.1. The highest BCUT2D eigenvalue weighted by atomic mass is 35.5. The Labute approximate surface area is 142 Å². The van der Waals surface area contributed by atoms with E-state index in [9.17, 15) is 4.79 Å². The molecule has 0 saturated heterocycles. The highest BCUT2D eigenvalue weighted by Crippen LogP contribution is 2.21. The van der Waals surface area contributed by atoms with Crippen molar-refractivity contribution in [1.29, 1.82) is 0 Å². The minimum absolute atomic E-state index is 0. The molecule has 1 amide bonds. The Bertz CT molecular complexity index is 571. The van der Waals surface area contributed by atoms with Crippen molar-refractivity contribution >= 4 is 29.7 Å². The average molecular weight is 339 g/mol. The van der Waals surface area contributed by atoms with Gasteiger partial charge in [0.25, 0.3) is 5.91 Å². The first-order valence-electron chi connectivity index (χ1n) is 7.36. The molecule has 120 valence electrons. The number of nitrogens with two attached hydrogens (primary N) is 1. The molecule has 0 aliphatic rings. The molecule has 0 atom stereocenters. The molecule has 5 heteroatoms. The second kappa shape index (κ2) is 9.62. The summed E-state index contributed by atoms with van der Waals surface area (Å²) in [5, 5.41) is 2.00. The van der Waals surface area contributed by atoms with Crippen LogP contribution in [0.2, 0.25) is 0 Å². The average Bonchev–Trinajstić information content (AvgIpc) is 3.00. The minimum atomic E-state index is 0. The van der Waals surface area contributed by atoms with E-state index in [1.165, 1.54) is 11.3 Å². The molecule has 1 aromatic carbocycles. The molecule has 0 spiro atoms. The van der Waals surface area contributed by atoms with Crippen molar-refractivity contribution in [3.8, 4) is 0 Å². The molecule has 0 saturated carbocycles. The molecule has 0 radical (unpaired) electrons. The Morgan fingerprint density at radius 3 is 2.59 bits per heavy atom. The normalized spacial score (nSPS) is 10.1. The summed E-state index contributed by atoms with van der Waals surface area (Å²) in [5.74, 6) is 0.124. The Kier molecular flexibility index (Phi) is 8.17. The SMILES string of the molecule is CCc1ccsc1C(=O)N(CCCN)Cc1ccccc1.Cl. The summed E-state index contributed by atoms with van der Waals surface area (Å²) < 4.78 is 0. The van der Waals surface area contributed by atoms with Gasteiger partial charge in [0.15, 0.2) is 0 Å². The third-order valence-electron chi connectivity index (χ3n) is 3.46. The van der Waals surface area contributed by atoms with Gasteiger partial charge >= 0.3 is 0 Å². The number of amides is 1. The predicted molar refractivity (Wildman–Crippen MR) is 95.8 cm³/mol. The third-order valence-corrected chi connectivity index (χ3v) is 4.40. The number of thiophene rings is 1. The van der Waals surface area contributed by atoms with E-state index in [0.717, 1.165) is 28.8 Å². The van der Waals surface area contributed by atoms with Gasteiger partial charge in [-0.15, -0.1) is 23.7 Å². The third kappa shape index (κ3) is 4.83. The number of hydrogen-bond donors (Lipinski definition) is 1. The quantitative estimate of drug-likeness (QED) is 0.836. The maximum atomic E-state index is 12.8. The van der Waals surface area contributed by atoms with Crippen LogP contribution in [0.4, 0.5) is 0 Å². The lowest BCUT2D eigenvalue weighted by Crippen LogP contribution is -2.32. The summed E-state index contributed by atoms with van der Waals surface area (Å²) >= 11 is 1.53. The van der Waals surface area contributed by atoms with E-state index in [0.29, 0.717) is 19.6 Å². The van der Waals surface area contributed by atoms with Crippen molar-refractivity contribution in [2.75, 3.05) is 13.1 Å². The Morgan fingerprint density at radius 2 is 1.95 bits per heavy atom. The topological polar surface area (TPSA) is 46.3 Å². The Morgan fingerprint density at radius 1 is 1.23 bits per heavy atom. The number of halogens is 1. The van der Waals surface area contributed by atoms with E-state index >= 15 is 0 Å². The fraction of sp³-hybridized carbons (Fsp3) is 0.353. The Hall–Kier alpha value is -1.36. The van der Waals surface area contributed by atoms with Crippen LogP contribution < -0.4 is 5.73 Å². The number of nitrogens with zero attached hydrogens (tertiary/aromatic N) is 1. The fourth-order valence-electron chi connectivity index (χ4n) is 2.28. The molecule has 0 aliphatic heterocycles. The van der Waals surface area contributed by atoms with Crippen molar-refractivity contribution in [2.24, 2.45) is 5.73 Å². The summed E-state index contributed by atoms with van der Waals surface area (Å²) in [5.41, 5.74) is 7.90. The standard InChI is InChI=1S/C17H22N2OS.ClH/c1-2-15-9-12-21-16(15)17(20)19(11-6-10-18)13-14-7-4-3-5-8-14;/h3-5,7-9,12H,2,6,10-11,13,18H2,1H3;1H. The van der Waals surface area contributed by atoms with Crippen LogP contribution in [0.25, 0.3) is 0 Å². The molecule has 3 nitrogen and oxygen atoms in total. The molecule has 0 fully saturated rings. The number of carbonyl (C=O) groups is 1. The van der Waals surface area contributed by atoms with Crippen LogP contribution >= 0.6 is 23.7 Å². The highest BCUT2D eigenvalue weighted by molar-refractivity contribution is 7.12. The molecule has 1 aromatic heterocycles. The second-order valence-electron chi connectivity index (χ2n) is 4.98.